The van der Waals surface area contributed by atoms with Crippen LogP contribution in [0.2, 0.25) is 0 Å². The molecular weight excluding hydrogens is 312 g/mol. The predicted octanol–water partition coefficient (Wildman–Crippen LogP) is 2.17. The Morgan fingerprint density at radius 3 is 2.92 bits per heavy atom. The number of ether oxygens (including phenoxy) is 1. The zero-order chi connectivity index (χ0) is 17.5. The maximum Gasteiger partial charge on any atom is 0.323 e. The summed E-state index contributed by atoms with van der Waals surface area (Å²) in [6.07, 6.45) is 1.77. The van der Waals surface area contributed by atoms with E-state index < -0.39 is 16.9 Å². The second-order valence-corrected chi connectivity index (χ2v) is 5.02. The van der Waals surface area contributed by atoms with Gasteiger partial charge in [0.25, 0.3) is 0 Å². The lowest BCUT2D eigenvalue weighted by atomic mass is 10.1. The molecule has 0 amide bonds. The van der Waals surface area contributed by atoms with Crippen molar-refractivity contribution in [2.24, 2.45) is 5.73 Å². The molecule has 2 aromatic rings. The van der Waals surface area contributed by atoms with Gasteiger partial charge in [0.2, 0.25) is 5.82 Å². The number of pyridine rings is 1. The van der Waals surface area contributed by atoms with Crippen LogP contribution in [0.15, 0.2) is 42.6 Å². The summed E-state index contributed by atoms with van der Waals surface area (Å²) in [6, 6.07) is 9.20. The van der Waals surface area contributed by atoms with Gasteiger partial charge in [0.1, 0.15) is 6.04 Å². The monoisotopic (exact) mass is 330 g/mol. The molecule has 0 aliphatic carbocycles. The highest BCUT2D eigenvalue weighted by molar-refractivity contribution is 5.76. The number of nitrogens with one attached hydrogen (secondary N) is 1. The summed E-state index contributed by atoms with van der Waals surface area (Å²) in [5.74, 6) is -0.314. The SMILES string of the molecule is CCOC(=O)[C@@H](N)Cc1cccc(Nc2ncccc2[N+](=O)[O-])c1. The van der Waals surface area contributed by atoms with Gasteiger partial charge in [-0.15, -0.1) is 0 Å². The van der Waals surface area contributed by atoms with Gasteiger partial charge >= 0.3 is 11.7 Å². The zero-order valence-electron chi connectivity index (χ0n) is 13.1. The van der Waals surface area contributed by atoms with Crippen molar-refractivity contribution in [1.82, 2.24) is 4.98 Å². The van der Waals surface area contributed by atoms with Crippen molar-refractivity contribution in [3.8, 4) is 0 Å². The number of nitrogens with zero attached hydrogens (tertiary/aromatic N) is 2. The van der Waals surface area contributed by atoms with Crippen LogP contribution in [0.1, 0.15) is 12.5 Å². The molecule has 8 heteroatoms. The summed E-state index contributed by atoms with van der Waals surface area (Å²) < 4.78 is 4.88. The second-order valence-electron chi connectivity index (χ2n) is 5.02. The van der Waals surface area contributed by atoms with Crippen LogP contribution < -0.4 is 11.1 Å². The first kappa shape index (κ1) is 17.4. The number of anilines is 2. The quantitative estimate of drug-likeness (QED) is 0.453. The van der Waals surface area contributed by atoms with E-state index in [1.807, 2.05) is 6.07 Å². The third-order valence-corrected chi connectivity index (χ3v) is 3.22. The van der Waals surface area contributed by atoms with Crippen LogP contribution in [0.25, 0.3) is 0 Å². The van der Waals surface area contributed by atoms with E-state index >= 15 is 0 Å². The average Bonchev–Trinajstić information content (AvgIpc) is 2.55. The Morgan fingerprint density at radius 1 is 1.42 bits per heavy atom. The molecule has 1 aromatic heterocycles. The van der Waals surface area contributed by atoms with Gasteiger partial charge < -0.3 is 15.8 Å². The van der Waals surface area contributed by atoms with E-state index in [1.165, 1.54) is 18.3 Å². The first-order chi connectivity index (χ1) is 11.5. The Hall–Kier alpha value is -3.00. The molecule has 1 heterocycles. The molecule has 0 bridgehead atoms. The molecule has 0 unspecified atom stereocenters. The first-order valence-corrected chi connectivity index (χ1v) is 7.39. The van der Waals surface area contributed by atoms with E-state index in [0.29, 0.717) is 12.1 Å². The fourth-order valence-corrected chi connectivity index (χ4v) is 2.14. The molecule has 1 atom stereocenters. The molecule has 3 N–H and O–H groups in total. The van der Waals surface area contributed by atoms with Crippen molar-refractivity contribution >= 4 is 23.2 Å². The van der Waals surface area contributed by atoms with Gasteiger partial charge in [0, 0.05) is 18.0 Å². The van der Waals surface area contributed by atoms with Crippen LogP contribution in [0.5, 0.6) is 0 Å². The Bertz CT molecular complexity index is 736. The Balaban J connectivity index is 2.14. The van der Waals surface area contributed by atoms with Crippen LogP contribution in [-0.2, 0) is 16.0 Å². The number of carbonyl (C=O) groups excluding carboxylic acids is 1. The number of rotatable bonds is 7. The molecule has 8 nitrogen and oxygen atoms in total. The largest absolute Gasteiger partial charge is 0.465 e. The number of nitro groups is 1. The Kier molecular flexibility index (Phi) is 5.80. The van der Waals surface area contributed by atoms with Crippen molar-refractivity contribution in [3.05, 3.63) is 58.3 Å². The van der Waals surface area contributed by atoms with Crippen molar-refractivity contribution < 1.29 is 14.5 Å². The highest BCUT2D eigenvalue weighted by Crippen LogP contribution is 2.25. The average molecular weight is 330 g/mol. The molecule has 24 heavy (non-hydrogen) atoms. The van der Waals surface area contributed by atoms with Gasteiger partial charge in [0.05, 0.1) is 11.5 Å². The summed E-state index contributed by atoms with van der Waals surface area (Å²) in [4.78, 5) is 26.1. The number of esters is 1. The smallest absolute Gasteiger partial charge is 0.323 e. The van der Waals surface area contributed by atoms with Gasteiger partial charge in [-0.3, -0.25) is 14.9 Å². The third kappa shape index (κ3) is 4.50. The van der Waals surface area contributed by atoms with Crippen molar-refractivity contribution in [3.63, 3.8) is 0 Å². The van der Waals surface area contributed by atoms with Gasteiger partial charge in [0.15, 0.2) is 0 Å². The normalized spacial score (nSPS) is 11.6. The lowest BCUT2D eigenvalue weighted by molar-refractivity contribution is -0.384. The molecule has 2 rings (SSSR count). The first-order valence-electron chi connectivity index (χ1n) is 7.39. The van der Waals surface area contributed by atoms with Crippen LogP contribution in [0.4, 0.5) is 17.2 Å². The van der Waals surface area contributed by atoms with E-state index in [0.717, 1.165) is 5.56 Å². The van der Waals surface area contributed by atoms with Crippen LogP contribution in [0, 0.1) is 10.1 Å². The summed E-state index contributed by atoms with van der Waals surface area (Å²) >= 11 is 0. The number of nitrogens with two attached hydrogens (primary N) is 1. The highest BCUT2D eigenvalue weighted by Gasteiger charge is 2.16. The molecule has 0 aliphatic heterocycles. The third-order valence-electron chi connectivity index (χ3n) is 3.22. The molecule has 1 aromatic carbocycles. The molecule has 0 fully saturated rings. The van der Waals surface area contributed by atoms with Gasteiger partial charge in [-0.2, -0.15) is 0 Å². The molecule has 0 radical (unpaired) electrons. The Labute approximate surface area is 138 Å². The fraction of sp³-hybridized carbons (Fsp3) is 0.250. The standard InChI is InChI=1S/C16H18N4O4/c1-2-24-16(21)13(17)10-11-5-3-6-12(9-11)19-15-14(20(22)23)7-4-8-18-15/h3-9,13H,2,10,17H2,1H3,(H,18,19)/t13-/m0/s1. The van der Waals surface area contributed by atoms with E-state index in [9.17, 15) is 14.9 Å². The van der Waals surface area contributed by atoms with E-state index in [1.54, 1.807) is 25.1 Å². The van der Waals surface area contributed by atoms with Crippen molar-refractivity contribution in [2.45, 2.75) is 19.4 Å². The van der Waals surface area contributed by atoms with Crippen molar-refractivity contribution in [1.29, 1.82) is 0 Å². The highest BCUT2D eigenvalue weighted by atomic mass is 16.6. The summed E-state index contributed by atoms with van der Waals surface area (Å²) in [7, 11) is 0. The molecular formula is C16H18N4O4. The maximum atomic E-state index is 11.6. The number of benzene rings is 1. The lowest BCUT2D eigenvalue weighted by Gasteiger charge is -2.12. The minimum atomic E-state index is -0.760. The lowest BCUT2D eigenvalue weighted by Crippen LogP contribution is -2.34. The van der Waals surface area contributed by atoms with E-state index in [2.05, 4.69) is 10.3 Å². The van der Waals surface area contributed by atoms with E-state index in [4.69, 9.17) is 10.5 Å². The second kappa shape index (κ2) is 8.02. The summed E-state index contributed by atoms with van der Waals surface area (Å²) in [6.45, 7) is 1.99. The minimum absolute atomic E-state index is 0.119. The van der Waals surface area contributed by atoms with Gasteiger partial charge in [-0.05, 0) is 37.1 Å². The van der Waals surface area contributed by atoms with Crippen LogP contribution >= 0.6 is 0 Å². The van der Waals surface area contributed by atoms with Crippen molar-refractivity contribution in [2.75, 3.05) is 11.9 Å². The topological polar surface area (TPSA) is 120 Å². The zero-order valence-corrected chi connectivity index (χ0v) is 13.1. The van der Waals surface area contributed by atoms with E-state index in [-0.39, 0.29) is 18.1 Å². The maximum absolute atomic E-state index is 11.6. The van der Waals surface area contributed by atoms with Crippen LogP contribution in [-0.4, -0.2) is 28.5 Å². The van der Waals surface area contributed by atoms with Gasteiger partial charge in [-0.25, -0.2) is 4.98 Å². The molecule has 0 saturated carbocycles. The fourth-order valence-electron chi connectivity index (χ4n) is 2.14. The number of carbonyl (C=O) groups is 1. The predicted molar refractivity (Wildman–Crippen MR) is 88.9 cm³/mol. The van der Waals surface area contributed by atoms with Crippen LogP contribution in [0.3, 0.4) is 0 Å². The molecule has 126 valence electrons. The number of hydrogen-bond donors (Lipinski definition) is 2. The van der Waals surface area contributed by atoms with Gasteiger partial charge in [-0.1, -0.05) is 12.1 Å². The number of hydrogen-bond acceptors (Lipinski definition) is 7. The molecule has 0 saturated heterocycles. The minimum Gasteiger partial charge on any atom is -0.465 e. The summed E-state index contributed by atoms with van der Waals surface area (Å²) in [5.41, 5.74) is 7.11. The summed E-state index contributed by atoms with van der Waals surface area (Å²) in [5, 5.41) is 13.9. The Morgan fingerprint density at radius 2 is 2.21 bits per heavy atom. The number of aromatic nitrogens is 1. The molecule has 0 aliphatic rings. The molecule has 0 spiro atoms.